The van der Waals surface area contributed by atoms with Gasteiger partial charge in [-0.2, -0.15) is 15.3 Å². The summed E-state index contributed by atoms with van der Waals surface area (Å²) in [5.41, 5.74) is 26.6. The van der Waals surface area contributed by atoms with Crippen LogP contribution in [0.4, 0.5) is 39.4 Å². The van der Waals surface area contributed by atoms with Gasteiger partial charge in [0.05, 0.1) is 22.8 Å². The molecule has 0 amide bonds. The molecule has 6 aromatic carbocycles. The molecule has 15 aromatic rings. The van der Waals surface area contributed by atoms with Gasteiger partial charge in [0.1, 0.15) is 164 Å². The van der Waals surface area contributed by atoms with Crippen LogP contribution in [0.3, 0.4) is 0 Å². The van der Waals surface area contributed by atoms with E-state index in [2.05, 4.69) is 60.0 Å². The third kappa shape index (κ3) is 18.3. The summed E-state index contributed by atoms with van der Waals surface area (Å²) in [7, 11) is 0. The minimum Gasteiger partial charge on any atom is -0.489 e. The molecule has 1 fully saturated rings. The first-order valence-corrected chi connectivity index (χ1v) is 36.1. The molecule has 1 saturated heterocycles. The van der Waals surface area contributed by atoms with E-state index < -0.39 is 29.1 Å². The van der Waals surface area contributed by atoms with Crippen LogP contribution in [-0.4, -0.2) is 92.4 Å². The van der Waals surface area contributed by atoms with Gasteiger partial charge in [-0.05, 0) is 106 Å². The Hall–Kier alpha value is -13.4. The van der Waals surface area contributed by atoms with Crippen LogP contribution >= 0.6 is 11.3 Å². The number of hydrogen-bond donors (Lipinski definition) is 3. The number of ether oxygens (including phenoxy) is 7. The van der Waals surface area contributed by atoms with Crippen LogP contribution < -0.4 is 45.6 Å². The Bertz CT molecular complexity index is 5890. The van der Waals surface area contributed by atoms with Crippen LogP contribution in [0.1, 0.15) is 115 Å². The fourth-order valence-electron chi connectivity index (χ4n) is 12.1. The van der Waals surface area contributed by atoms with E-state index in [9.17, 15) is 13.2 Å². The van der Waals surface area contributed by atoms with E-state index in [0.717, 1.165) is 45.7 Å². The minimum atomic E-state index is -0.618. The lowest BCUT2D eigenvalue weighted by Gasteiger charge is -2.20. The zero-order valence-electron chi connectivity index (χ0n) is 61.4. The van der Waals surface area contributed by atoms with Gasteiger partial charge in [0, 0.05) is 132 Å². The standard InChI is InChI=1S/C28H26FN7O3.C26H23F2N7O2.C26H23F2N5O2S.CH4/c1-17-31-13-18(14-32-17)15-38-23-10-20(29)11-24(12-23)39-22-4-2-21(3-5-22)36-27-26(33-16-34-28(27)30)25(35-36)19-6-8-37-9-7-19;1-14(2)23-24-25(26(29)33-13-32-24)35(34-23)22-5-4-18(9-21(22)28)37-20-7-17(27)6-19(8-20)36-12-16-10-30-15(3)31-11-16;1-14(2)23-24-25(26(29)31-13-30-24)33(32-23)22-7-5-17(11-21(22)28)35-19-9-16(27)8-18(10-19)34-12-20-6-4-15(3)36-20;/h2-5,10-14,16,19H,6-9,15H2,1H3,(H2,30,33,34);4-11,13-14H,12H2,1-3H3,(H2,29,32,33);4-11,13-14H,12H2,1-3H3,(H2,29,30,31);1H4. The van der Waals surface area contributed by atoms with Crippen LogP contribution in [0.2, 0.25) is 0 Å². The molecule has 0 aliphatic carbocycles. The van der Waals surface area contributed by atoms with Gasteiger partial charge < -0.3 is 50.4 Å². The monoisotopic (exact) mass is 1550 g/mol. The first-order valence-electron chi connectivity index (χ1n) is 35.3. The van der Waals surface area contributed by atoms with Crippen LogP contribution in [-0.2, 0) is 24.6 Å². The van der Waals surface area contributed by atoms with Gasteiger partial charge in [-0.3, -0.25) is 0 Å². The van der Waals surface area contributed by atoms with E-state index in [1.807, 2.05) is 58.9 Å². The van der Waals surface area contributed by atoms with Crippen molar-refractivity contribution in [2.45, 2.75) is 106 Å². The Balaban J connectivity index is 0.000000148. The van der Waals surface area contributed by atoms with E-state index in [1.54, 1.807) is 91.1 Å². The second-order valence-corrected chi connectivity index (χ2v) is 27.9. The van der Waals surface area contributed by atoms with Gasteiger partial charge in [-0.15, -0.1) is 11.3 Å². The van der Waals surface area contributed by atoms with Crippen molar-refractivity contribution in [1.82, 2.24) is 79.2 Å². The van der Waals surface area contributed by atoms with Gasteiger partial charge in [0.2, 0.25) is 0 Å². The number of aryl methyl sites for hydroxylation is 3. The molecule has 0 atom stereocenters. The summed E-state index contributed by atoms with van der Waals surface area (Å²) in [6, 6.07) is 32.0. The topological polar surface area (TPSA) is 325 Å². The van der Waals surface area contributed by atoms with Crippen molar-refractivity contribution in [1.29, 1.82) is 0 Å². The van der Waals surface area contributed by atoms with Crippen molar-refractivity contribution in [3.63, 3.8) is 0 Å². The van der Waals surface area contributed by atoms with Crippen molar-refractivity contribution in [2.75, 3.05) is 30.4 Å². The number of aromatic nitrogens is 16. The number of nitrogens with two attached hydrogens (primary N) is 3. The number of nitrogen functional groups attached to an aromatic ring is 3. The molecule has 9 aromatic heterocycles. The fraction of sp³-hybridized carbons (Fsp3) is 0.222. The van der Waals surface area contributed by atoms with Crippen molar-refractivity contribution in [3.8, 4) is 68.8 Å². The maximum absolute atomic E-state index is 15.3. The second-order valence-electron chi connectivity index (χ2n) is 26.5. The first-order chi connectivity index (χ1) is 54.1. The SMILES string of the molecule is C.Cc1ccc(COc2cc(F)cc(Oc3ccc(-n4nc(C(C)C)c5ncnc(N)c54)c(F)c3)c2)s1.Cc1ncc(COc2cc(F)cc(Oc3ccc(-n4nc(C(C)C)c5ncnc(N)c54)c(F)c3)c2)cn1.Cc1ncc(COc2cc(F)cc(Oc3ccc(-n4nc(C5CCOCC5)c5ncnc(N)c54)cc3)c2)cn1. The summed E-state index contributed by atoms with van der Waals surface area (Å²) in [6.07, 6.45) is 12.6. The Kier molecular flexibility index (Phi) is 23.6. The molecule has 6 N–H and O–H groups in total. The highest BCUT2D eigenvalue weighted by Crippen LogP contribution is 2.39. The Morgan fingerprint density at radius 3 is 1.25 bits per heavy atom. The lowest BCUT2D eigenvalue weighted by molar-refractivity contribution is 0.0846. The summed E-state index contributed by atoms with van der Waals surface area (Å²) < 4.78 is 118. The van der Waals surface area contributed by atoms with Crippen LogP contribution in [0, 0.1) is 49.9 Å². The molecule has 113 heavy (non-hydrogen) atoms. The molecule has 0 unspecified atom stereocenters. The van der Waals surface area contributed by atoms with Crippen LogP contribution in [0.5, 0.6) is 51.7 Å². The third-order valence-electron chi connectivity index (χ3n) is 17.5. The molecule has 1 aliphatic heterocycles. The Labute approximate surface area is 648 Å². The molecule has 1 aliphatic rings. The largest absolute Gasteiger partial charge is 0.489 e. The molecule has 26 nitrogen and oxygen atoms in total. The number of rotatable bonds is 21. The Morgan fingerprint density at radius 1 is 0.434 bits per heavy atom. The van der Waals surface area contributed by atoms with Gasteiger partial charge in [-0.1, -0.05) is 35.1 Å². The normalized spacial score (nSPS) is 12.2. The summed E-state index contributed by atoms with van der Waals surface area (Å²) in [5.74, 6) is 1.98. The van der Waals surface area contributed by atoms with E-state index >= 15 is 8.78 Å². The highest BCUT2D eigenvalue weighted by atomic mass is 32.1. The van der Waals surface area contributed by atoms with Crippen LogP contribution in [0.15, 0.2) is 171 Å². The predicted molar refractivity (Wildman–Crippen MR) is 416 cm³/mol. The fourth-order valence-corrected chi connectivity index (χ4v) is 12.9. The summed E-state index contributed by atoms with van der Waals surface area (Å²) in [6.45, 7) is 15.5. The van der Waals surface area contributed by atoms with E-state index in [1.165, 1.54) is 100.0 Å². The number of thiophene rings is 1. The summed E-state index contributed by atoms with van der Waals surface area (Å²) >= 11 is 1.61. The molecule has 32 heteroatoms. The van der Waals surface area contributed by atoms with E-state index in [-0.39, 0.29) is 90.2 Å². The van der Waals surface area contributed by atoms with Gasteiger partial charge >= 0.3 is 0 Å². The molecular weight excluding hydrogens is 1480 g/mol. The number of halogens is 5. The molecule has 0 bridgehead atoms. The van der Waals surface area contributed by atoms with Gasteiger partial charge in [0.15, 0.2) is 29.1 Å². The smallest absolute Gasteiger partial charge is 0.153 e. The van der Waals surface area contributed by atoms with Crippen molar-refractivity contribution < 1.29 is 55.1 Å². The third-order valence-corrected chi connectivity index (χ3v) is 18.5. The highest BCUT2D eigenvalue weighted by Gasteiger charge is 2.27. The van der Waals surface area contributed by atoms with Crippen molar-refractivity contribution in [3.05, 3.63) is 250 Å². The average Bonchev–Trinajstić information content (AvgIpc) is 1.62. The van der Waals surface area contributed by atoms with Gasteiger partial charge in [-0.25, -0.2) is 85.8 Å². The quantitative estimate of drug-likeness (QED) is 0.0563. The zero-order valence-corrected chi connectivity index (χ0v) is 62.2. The lowest BCUT2D eigenvalue weighted by Crippen LogP contribution is -2.15. The second kappa shape index (κ2) is 34.3. The molecule has 578 valence electrons. The Morgan fingerprint density at radius 2 is 0.832 bits per heavy atom. The molecular formula is C81H76F5N19O7S. The van der Waals surface area contributed by atoms with Crippen molar-refractivity contribution >= 4 is 61.9 Å². The lowest BCUT2D eigenvalue weighted by atomic mass is 9.96. The average molecular weight is 1550 g/mol. The maximum atomic E-state index is 15.3. The van der Waals surface area contributed by atoms with Crippen LogP contribution in [0.25, 0.3) is 50.2 Å². The van der Waals surface area contributed by atoms with E-state index in [4.69, 9.17) is 55.5 Å². The summed E-state index contributed by atoms with van der Waals surface area (Å²) in [4.78, 5) is 44.0. The molecule has 0 spiro atoms. The van der Waals surface area contributed by atoms with Crippen molar-refractivity contribution in [2.24, 2.45) is 0 Å². The number of hydrogen-bond acceptors (Lipinski definition) is 24. The summed E-state index contributed by atoms with van der Waals surface area (Å²) in [5, 5.41) is 14.0. The highest BCUT2D eigenvalue weighted by molar-refractivity contribution is 7.11. The number of nitrogens with zero attached hydrogens (tertiary/aromatic N) is 16. The molecule has 10 heterocycles. The predicted octanol–water partition coefficient (Wildman–Crippen LogP) is 17.3. The van der Waals surface area contributed by atoms with E-state index in [0.29, 0.717) is 99.3 Å². The number of anilines is 3. The molecule has 0 saturated carbocycles. The minimum absolute atomic E-state index is 0. The molecule has 16 rings (SSSR count). The number of fused-ring (bicyclic) bond motifs is 3. The zero-order chi connectivity index (χ0) is 78.3. The number of benzene rings is 6. The molecule has 0 radical (unpaired) electrons. The maximum Gasteiger partial charge on any atom is 0.153 e. The first kappa shape index (κ1) is 77.8. The van der Waals surface area contributed by atoms with Gasteiger partial charge in [0.25, 0.3) is 0 Å².